The third kappa shape index (κ3) is 15.2. The number of nitrogens with one attached hydrogen (secondary N) is 4. The molecule has 14 atom stereocenters. The Hall–Kier alpha value is -5.62. The number of esters is 1. The van der Waals surface area contributed by atoms with Gasteiger partial charge in [-0.05, 0) is 113 Å². The van der Waals surface area contributed by atoms with Crippen molar-refractivity contribution in [2.24, 2.45) is 35.5 Å². The fraction of sp³-hybridized carbons (Fsp3) is 0.617. The minimum absolute atomic E-state index is 0.00695. The quantitative estimate of drug-likeness (QED) is 0.0476. The predicted octanol–water partition coefficient (Wildman–Crippen LogP) is 7.07. The highest BCUT2D eigenvalue weighted by atomic mass is 19.1. The van der Waals surface area contributed by atoms with Crippen LogP contribution in [-0.2, 0) is 43.0 Å². The summed E-state index contributed by atoms with van der Waals surface area (Å²) in [6, 6.07) is 3.57. The first-order chi connectivity index (χ1) is 36.5. The zero-order valence-corrected chi connectivity index (χ0v) is 46.5. The molecule has 1 aromatic rings. The van der Waals surface area contributed by atoms with Crippen LogP contribution >= 0.6 is 0 Å². The molecule has 3 unspecified atom stereocenters. The monoisotopic (exact) mass is 1070 g/mol. The number of aliphatic hydroxyl groups excluding tert-OH is 2. The number of cyclic esters (lactones) is 1. The van der Waals surface area contributed by atoms with Crippen molar-refractivity contribution in [3.8, 4) is 0 Å². The molecule has 4 amide bonds. The van der Waals surface area contributed by atoms with Crippen LogP contribution in [0, 0.1) is 41.3 Å². The first kappa shape index (κ1) is 60.6. The van der Waals surface area contributed by atoms with E-state index in [9.17, 15) is 48.2 Å². The maximum absolute atomic E-state index is 14.8. The van der Waals surface area contributed by atoms with Gasteiger partial charge >= 0.3 is 5.97 Å². The Balaban J connectivity index is 1.20. The summed E-state index contributed by atoms with van der Waals surface area (Å²) in [6.07, 6.45) is 16.0. The first-order valence-corrected chi connectivity index (χ1v) is 27.9. The summed E-state index contributed by atoms with van der Waals surface area (Å²) in [5.41, 5.74) is 2.81. The molecule has 5 aliphatic rings. The van der Waals surface area contributed by atoms with Crippen molar-refractivity contribution in [3.05, 3.63) is 95.4 Å². The molecule has 2 spiro atoms. The maximum atomic E-state index is 14.8. The van der Waals surface area contributed by atoms with Crippen LogP contribution in [0.2, 0.25) is 0 Å². The number of nitrogens with zero attached hydrogens (tertiary/aromatic N) is 1. The summed E-state index contributed by atoms with van der Waals surface area (Å²) in [5, 5.41) is 32.7. The van der Waals surface area contributed by atoms with Crippen LogP contribution in [0.1, 0.15) is 151 Å². The molecule has 3 fully saturated rings. The van der Waals surface area contributed by atoms with E-state index >= 15 is 0 Å². The number of ether oxygens (including phenoxy) is 2. The van der Waals surface area contributed by atoms with E-state index in [1.807, 2.05) is 45.9 Å². The molecular weight excluding hydrogens is 986 g/mol. The van der Waals surface area contributed by atoms with Crippen molar-refractivity contribution >= 4 is 41.2 Å². The normalized spacial score (nSPS) is 33.8. The zero-order valence-electron chi connectivity index (χ0n) is 46.5. The van der Waals surface area contributed by atoms with E-state index in [1.54, 1.807) is 38.1 Å². The number of hydrogen-bond acceptors (Lipinski definition) is 12. The lowest BCUT2D eigenvalue weighted by atomic mass is 9.81. The summed E-state index contributed by atoms with van der Waals surface area (Å²) in [4.78, 5) is 96.5. The second kappa shape index (κ2) is 26.8. The number of aliphatic hydroxyl groups is 2. The Morgan fingerprint density at radius 2 is 1.77 bits per heavy atom. The number of halogens is 1. The van der Waals surface area contributed by atoms with Gasteiger partial charge in [0, 0.05) is 55.9 Å². The number of allylic oxidation sites excluding steroid dienone is 5. The second-order valence-corrected chi connectivity index (χ2v) is 22.8. The number of fused-ring (bicyclic) bond motifs is 2. The van der Waals surface area contributed by atoms with Crippen LogP contribution in [0.15, 0.2) is 84.0 Å². The molecule has 2 bridgehead atoms. The molecular formula is C60H84FN5O11. The van der Waals surface area contributed by atoms with Crippen molar-refractivity contribution in [3.63, 3.8) is 0 Å². The minimum Gasteiger partial charge on any atom is -0.456 e. The Bertz CT molecular complexity index is 2490. The molecule has 1 saturated carbocycles. The van der Waals surface area contributed by atoms with Gasteiger partial charge in [-0.3, -0.25) is 33.8 Å². The van der Waals surface area contributed by atoms with Crippen molar-refractivity contribution in [1.29, 1.82) is 0 Å². The predicted molar refractivity (Wildman–Crippen MR) is 289 cm³/mol. The van der Waals surface area contributed by atoms with Crippen LogP contribution in [0.4, 0.5) is 4.39 Å². The summed E-state index contributed by atoms with van der Waals surface area (Å²) in [7, 11) is 0. The third-order valence-corrected chi connectivity index (χ3v) is 16.5. The fourth-order valence-corrected chi connectivity index (χ4v) is 11.1. The lowest BCUT2D eigenvalue weighted by Crippen LogP contribution is -2.63. The number of benzene rings is 1. The van der Waals surface area contributed by atoms with E-state index in [-0.39, 0.29) is 67.8 Å². The molecule has 422 valence electrons. The largest absolute Gasteiger partial charge is 0.456 e. The third-order valence-electron chi connectivity index (χ3n) is 16.5. The van der Waals surface area contributed by atoms with Gasteiger partial charge in [-0.15, -0.1) is 0 Å². The molecule has 6 N–H and O–H groups in total. The first-order valence-electron chi connectivity index (χ1n) is 27.9. The van der Waals surface area contributed by atoms with Gasteiger partial charge in [-0.2, -0.15) is 0 Å². The average Bonchev–Trinajstić information content (AvgIpc) is 4.22. The van der Waals surface area contributed by atoms with Crippen molar-refractivity contribution < 1.29 is 57.6 Å². The molecule has 0 aromatic heterocycles. The average molecular weight is 1070 g/mol. The number of ketones is 2. The standard InChI is InChI=1S/C60H84FN5O11/c1-10-42-28-29-60(64-54(42)71)39(7)31-38(6)51(77-60)33-49(69)36(4)19-13-11-14-20-37(5)50-25-16-12-15-24-48(68)41(9)53(70)45(27-26-40(8)67)55(72)62-52(35(2)3)56(73)63-59(34-46(59)43-21-17-22-44(61)32-43)58(75)66-30-18-23-47(65-66)57(74)76-50/h11-12,14-17,20-22,24,31-32,35-36,38,41-42,45-52,65,68-69H,10,13,18-19,23,25-30,33-34H2,1-9H3,(H,62,72)(H,63,73)(H,64,71)/b14-11+,16-12+,24-15+,37-20+/t36-,38+,41-,42-,45+,46?,47?,48-,49-,50-,51-,52-,59?,60+/m0/s1. The van der Waals surface area contributed by atoms with Gasteiger partial charge < -0.3 is 40.4 Å². The highest BCUT2D eigenvalue weighted by molar-refractivity contribution is 6.05. The Labute approximate surface area is 454 Å². The summed E-state index contributed by atoms with van der Waals surface area (Å²) < 4.78 is 27.5. The molecule has 17 heteroatoms. The smallest absolute Gasteiger partial charge is 0.325 e. The topological polar surface area (TPSA) is 230 Å². The number of rotatable bonds is 14. The van der Waals surface area contributed by atoms with Crippen molar-refractivity contribution in [1.82, 2.24) is 26.4 Å². The summed E-state index contributed by atoms with van der Waals surface area (Å²) >= 11 is 0. The van der Waals surface area contributed by atoms with E-state index in [1.165, 1.54) is 43.1 Å². The van der Waals surface area contributed by atoms with Gasteiger partial charge in [0.2, 0.25) is 17.7 Å². The van der Waals surface area contributed by atoms with E-state index < -0.39 is 101 Å². The van der Waals surface area contributed by atoms with Gasteiger partial charge in [0.15, 0.2) is 11.5 Å². The number of amides is 4. The van der Waals surface area contributed by atoms with E-state index in [0.717, 1.165) is 18.4 Å². The van der Waals surface area contributed by atoms with Gasteiger partial charge in [-0.25, -0.2) is 9.82 Å². The number of carbonyl (C=O) groups is 7. The molecule has 2 saturated heterocycles. The van der Waals surface area contributed by atoms with E-state index in [0.29, 0.717) is 49.7 Å². The van der Waals surface area contributed by atoms with E-state index in [4.69, 9.17) is 9.47 Å². The molecule has 1 aliphatic carbocycles. The SMILES string of the molecule is CC[C@H]1CC[C@@]2(NC1=O)O[C@@H](C[C@H](O)[C@@H](C)CC/C=C/C=C(\C)[C@@H]1C/C=C/C=C/[C@H](O)[C@H](C)C(=O)[C@@H](CCC(C)=O)C(=O)N[C@@H](C(C)C)C(=O)NC3(CC3c3cccc(F)c3)C(=O)N3CCCC(N3)C(=O)O1)[C@H](C)C=C2C. The van der Waals surface area contributed by atoms with Gasteiger partial charge in [0.25, 0.3) is 5.91 Å². The number of piperidine rings is 1. The van der Waals surface area contributed by atoms with Gasteiger partial charge in [0.1, 0.15) is 35.3 Å². The molecule has 4 heterocycles. The highest BCUT2D eigenvalue weighted by Gasteiger charge is 2.64. The minimum atomic E-state index is -1.60. The number of carbonyl (C=O) groups excluding carboxylic acids is 7. The number of hydrogen-bond donors (Lipinski definition) is 6. The molecule has 1 aromatic carbocycles. The Morgan fingerprint density at radius 3 is 2.45 bits per heavy atom. The maximum Gasteiger partial charge on any atom is 0.325 e. The Kier molecular flexibility index (Phi) is 21.1. The zero-order chi connectivity index (χ0) is 56.4. The molecule has 6 rings (SSSR count). The number of hydrazine groups is 1. The summed E-state index contributed by atoms with van der Waals surface area (Å²) in [5.74, 6) is -7.80. The molecule has 0 radical (unpaired) electrons. The lowest BCUT2D eigenvalue weighted by Gasteiger charge is -2.47. The van der Waals surface area contributed by atoms with Crippen molar-refractivity contribution in [2.45, 2.75) is 193 Å². The van der Waals surface area contributed by atoms with E-state index in [2.05, 4.69) is 34.4 Å². The van der Waals surface area contributed by atoms with Crippen molar-refractivity contribution in [2.75, 3.05) is 6.54 Å². The molecule has 4 aliphatic heterocycles. The molecule has 77 heavy (non-hydrogen) atoms. The van der Waals surface area contributed by atoms with Gasteiger partial charge in [0.05, 0.1) is 24.2 Å². The summed E-state index contributed by atoms with van der Waals surface area (Å²) in [6.45, 7) is 16.3. The number of Topliss-reactive ketones (excluding diaryl/α,β-unsaturated/α-hetero) is 2. The van der Waals surface area contributed by atoms with Gasteiger partial charge in [-0.1, -0.05) is 102 Å². The van der Waals surface area contributed by atoms with Crippen LogP contribution in [0.25, 0.3) is 0 Å². The van der Waals surface area contributed by atoms with Crippen LogP contribution < -0.4 is 21.4 Å². The lowest BCUT2D eigenvalue weighted by molar-refractivity contribution is -0.163. The van der Waals surface area contributed by atoms with Crippen LogP contribution in [0.5, 0.6) is 0 Å². The van der Waals surface area contributed by atoms with Crippen LogP contribution in [-0.4, -0.2) is 111 Å². The Morgan fingerprint density at radius 1 is 1.01 bits per heavy atom. The highest BCUT2D eigenvalue weighted by Crippen LogP contribution is 2.53. The fourth-order valence-electron chi connectivity index (χ4n) is 11.1. The molecule has 16 nitrogen and oxygen atoms in total. The second-order valence-electron chi connectivity index (χ2n) is 22.8. The van der Waals surface area contributed by atoms with Crippen LogP contribution in [0.3, 0.4) is 0 Å².